The number of esters is 1. The van der Waals surface area contributed by atoms with Gasteiger partial charge in [0.15, 0.2) is 5.82 Å². The van der Waals surface area contributed by atoms with E-state index in [1.54, 1.807) is 13.8 Å². The molecule has 1 atom stereocenters. The van der Waals surface area contributed by atoms with Gasteiger partial charge < -0.3 is 10.1 Å². The van der Waals surface area contributed by atoms with E-state index in [1.165, 1.54) is 19.2 Å². The lowest BCUT2D eigenvalue weighted by Gasteiger charge is -2.21. The molecule has 19 heavy (non-hydrogen) atoms. The van der Waals surface area contributed by atoms with Crippen molar-refractivity contribution in [3.05, 3.63) is 34.1 Å². The summed E-state index contributed by atoms with van der Waals surface area (Å²) in [6.45, 7) is 3.55. The van der Waals surface area contributed by atoms with Gasteiger partial charge in [-0.15, -0.1) is 0 Å². The third-order valence-corrected chi connectivity index (χ3v) is 2.60. The molecule has 0 aliphatic rings. The monoisotopic (exact) mass is 270 g/mol. The summed E-state index contributed by atoms with van der Waals surface area (Å²) in [5, 5.41) is 13.2. The number of nitrogens with one attached hydrogen (secondary N) is 1. The fourth-order valence-corrected chi connectivity index (χ4v) is 1.53. The Balaban J connectivity index is 2.97. The van der Waals surface area contributed by atoms with E-state index in [0.29, 0.717) is 0 Å². The Kier molecular flexibility index (Phi) is 4.80. The summed E-state index contributed by atoms with van der Waals surface area (Å²) in [4.78, 5) is 21.3. The highest BCUT2D eigenvalue weighted by molar-refractivity contribution is 5.79. The number of nitrogens with zero attached hydrogens (tertiary/aromatic N) is 1. The molecule has 0 heterocycles. The fraction of sp³-hybridized carbons (Fsp3) is 0.417. The van der Waals surface area contributed by atoms with Crippen LogP contribution in [0.1, 0.15) is 13.8 Å². The Bertz CT molecular complexity index is 491. The molecule has 0 fully saturated rings. The van der Waals surface area contributed by atoms with Gasteiger partial charge in [-0.2, -0.15) is 0 Å². The van der Waals surface area contributed by atoms with Gasteiger partial charge in [-0.3, -0.25) is 10.1 Å². The first kappa shape index (κ1) is 14.9. The maximum atomic E-state index is 13.7. The van der Waals surface area contributed by atoms with Crippen LogP contribution in [0.2, 0.25) is 0 Å². The van der Waals surface area contributed by atoms with E-state index < -0.39 is 22.8 Å². The van der Waals surface area contributed by atoms with Crippen molar-refractivity contribution < 1.29 is 18.8 Å². The molecule has 0 aliphatic heterocycles. The number of carbonyl (C=O) groups excluding carboxylic acids is 1. The molecule has 1 unspecified atom stereocenters. The number of rotatable bonds is 5. The molecular formula is C12H15FN2O4. The zero-order valence-corrected chi connectivity index (χ0v) is 10.8. The topological polar surface area (TPSA) is 81.5 Å². The summed E-state index contributed by atoms with van der Waals surface area (Å²) in [5.41, 5.74) is -0.322. The van der Waals surface area contributed by atoms with Crippen LogP contribution in [0, 0.1) is 21.8 Å². The number of ether oxygens (including phenoxy) is 1. The predicted octanol–water partition coefficient (Wildman–Crippen LogP) is 2.34. The van der Waals surface area contributed by atoms with Crippen molar-refractivity contribution >= 4 is 17.3 Å². The van der Waals surface area contributed by atoms with Crippen molar-refractivity contribution in [2.75, 3.05) is 12.4 Å². The van der Waals surface area contributed by atoms with Crippen molar-refractivity contribution in [2.45, 2.75) is 19.9 Å². The number of anilines is 1. The molecule has 1 N–H and O–H groups in total. The van der Waals surface area contributed by atoms with Crippen LogP contribution >= 0.6 is 0 Å². The van der Waals surface area contributed by atoms with E-state index in [2.05, 4.69) is 10.1 Å². The average Bonchev–Trinajstić information content (AvgIpc) is 2.35. The lowest BCUT2D eigenvalue weighted by Crippen LogP contribution is -2.35. The van der Waals surface area contributed by atoms with Crippen LogP contribution in [0.4, 0.5) is 15.8 Å². The van der Waals surface area contributed by atoms with E-state index in [-0.39, 0.29) is 17.3 Å². The number of hydrogen-bond acceptors (Lipinski definition) is 5. The second kappa shape index (κ2) is 6.12. The number of hydrogen-bond donors (Lipinski definition) is 1. The average molecular weight is 270 g/mol. The maximum absolute atomic E-state index is 13.7. The zero-order valence-electron chi connectivity index (χ0n) is 10.8. The minimum Gasteiger partial charge on any atom is -0.467 e. The van der Waals surface area contributed by atoms with E-state index in [4.69, 9.17) is 0 Å². The molecule has 1 aromatic carbocycles. The number of non-ortho nitro benzene ring substituents is 1. The van der Waals surface area contributed by atoms with Gasteiger partial charge in [0, 0.05) is 6.07 Å². The minimum absolute atomic E-state index is 0.0229. The Labute approximate surface area is 109 Å². The number of benzene rings is 1. The third kappa shape index (κ3) is 3.64. The summed E-state index contributed by atoms with van der Waals surface area (Å²) in [6.07, 6.45) is 0. The van der Waals surface area contributed by atoms with Crippen molar-refractivity contribution in [3.63, 3.8) is 0 Å². The standard InChI is InChI=1S/C12H15FN2O4/c1-7(2)11(12(16)19-3)14-10-5-4-8(15(17)18)6-9(10)13/h4-7,11,14H,1-3H3. The molecule has 0 radical (unpaired) electrons. The second-order valence-electron chi connectivity index (χ2n) is 4.31. The minimum atomic E-state index is -0.788. The lowest BCUT2D eigenvalue weighted by molar-refractivity contribution is -0.385. The molecule has 104 valence electrons. The van der Waals surface area contributed by atoms with Gasteiger partial charge in [0.25, 0.3) is 5.69 Å². The van der Waals surface area contributed by atoms with E-state index in [0.717, 1.165) is 6.07 Å². The Morgan fingerprint density at radius 3 is 2.53 bits per heavy atom. The van der Waals surface area contributed by atoms with Gasteiger partial charge in [0.1, 0.15) is 6.04 Å². The quantitative estimate of drug-likeness (QED) is 0.504. The number of carbonyl (C=O) groups is 1. The van der Waals surface area contributed by atoms with Gasteiger partial charge in [0.05, 0.1) is 23.8 Å². The lowest BCUT2D eigenvalue weighted by atomic mass is 10.0. The highest BCUT2D eigenvalue weighted by Gasteiger charge is 2.24. The largest absolute Gasteiger partial charge is 0.467 e. The van der Waals surface area contributed by atoms with E-state index >= 15 is 0 Å². The molecule has 7 heteroatoms. The van der Waals surface area contributed by atoms with Crippen molar-refractivity contribution in [2.24, 2.45) is 5.92 Å². The molecule has 0 spiro atoms. The summed E-state index contributed by atoms with van der Waals surface area (Å²) < 4.78 is 18.3. The summed E-state index contributed by atoms with van der Waals surface area (Å²) in [7, 11) is 1.24. The van der Waals surface area contributed by atoms with Gasteiger partial charge in [-0.25, -0.2) is 9.18 Å². The molecule has 0 aliphatic carbocycles. The number of nitro benzene ring substituents is 1. The summed E-state index contributed by atoms with van der Waals surface area (Å²) >= 11 is 0. The molecule has 1 aromatic rings. The normalized spacial score (nSPS) is 12.1. The molecule has 0 bridgehead atoms. The van der Waals surface area contributed by atoms with Crippen LogP contribution in [-0.2, 0) is 9.53 Å². The fourth-order valence-electron chi connectivity index (χ4n) is 1.53. The Morgan fingerprint density at radius 1 is 1.47 bits per heavy atom. The van der Waals surface area contributed by atoms with Crippen molar-refractivity contribution in [1.29, 1.82) is 0 Å². The van der Waals surface area contributed by atoms with E-state index in [1.807, 2.05) is 0 Å². The highest BCUT2D eigenvalue weighted by Crippen LogP contribution is 2.22. The smallest absolute Gasteiger partial charge is 0.328 e. The third-order valence-electron chi connectivity index (χ3n) is 2.60. The highest BCUT2D eigenvalue weighted by atomic mass is 19.1. The first-order valence-corrected chi connectivity index (χ1v) is 5.65. The van der Waals surface area contributed by atoms with Crippen molar-refractivity contribution in [1.82, 2.24) is 0 Å². The van der Waals surface area contributed by atoms with E-state index in [9.17, 15) is 19.3 Å². The molecule has 0 aromatic heterocycles. The molecule has 6 nitrogen and oxygen atoms in total. The Hall–Kier alpha value is -2.18. The van der Waals surface area contributed by atoms with Gasteiger partial charge in [0.2, 0.25) is 0 Å². The number of nitro groups is 1. The molecular weight excluding hydrogens is 255 g/mol. The molecule has 1 rings (SSSR count). The number of methoxy groups -OCH3 is 1. The van der Waals surface area contributed by atoms with Crippen LogP contribution in [0.3, 0.4) is 0 Å². The first-order valence-electron chi connectivity index (χ1n) is 5.65. The van der Waals surface area contributed by atoms with Crippen molar-refractivity contribution in [3.8, 4) is 0 Å². The zero-order chi connectivity index (χ0) is 14.6. The summed E-state index contributed by atoms with van der Waals surface area (Å²) in [6, 6.07) is 2.48. The second-order valence-corrected chi connectivity index (χ2v) is 4.31. The van der Waals surface area contributed by atoms with Gasteiger partial charge in [-0.05, 0) is 12.0 Å². The number of halogens is 1. The maximum Gasteiger partial charge on any atom is 0.328 e. The van der Waals surface area contributed by atoms with Crippen LogP contribution < -0.4 is 5.32 Å². The van der Waals surface area contributed by atoms with Crippen LogP contribution in [0.5, 0.6) is 0 Å². The van der Waals surface area contributed by atoms with Crippen LogP contribution in [-0.4, -0.2) is 24.0 Å². The summed E-state index contributed by atoms with van der Waals surface area (Å²) in [5.74, 6) is -1.43. The SMILES string of the molecule is COC(=O)C(Nc1ccc([N+](=O)[O-])cc1F)C(C)C. The van der Waals surface area contributed by atoms with Crippen LogP contribution in [0.15, 0.2) is 18.2 Å². The molecule has 0 saturated heterocycles. The first-order chi connectivity index (χ1) is 8.86. The van der Waals surface area contributed by atoms with Gasteiger partial charge >= 0.3 is 5.97 Å². The molecule has 0 amide bonds. The molecule has 0 saturated carbocycles. The van der Waals surface area contributed by atoms with Crippen LogP contribution in [0.25, 0.3) is 0 Å². The van der Waals surface area contributed by atoms with Gasteiger partial charge in [-0.1, -0.05) is 13.8 Å². The Morgan fingerprint density at radius 2 is 2.11 bits per heavy atom. The predicted molar refractivity (Wildman–Crippen MR) is 67.3 cm³/mol.